The molecule has 0 aliphatic carbocycles. The third-order valence-electron chi connectivity index (χ3n) is 4.14. The molecular weight excluding hydrogens is 376 g/mol. The zero-order chi connectivity index (χ0) is 20.9. The maximum atomic E-state index is 12.7. The van der Waals surface area contributed by atoms with E-state index in [9.17, 15) is 13.2 Å². The number of sulfonamides is 1. The van der Waals surface area contributed by atoms with Crippen molar-refractivity contribution in [1.29, 1.82) is 0 Å². The molecule has 0 fully saturated rings. The Morgan fingerprint density at radius 1 is 1.04 bits per heavy atom. The van der Waals surface area contributed by atoms with Gasteiger partial charge >= 0.3 is 0 Å². The van der Waals surface area contributed by atoms with Gasteiger partial charge in [0.15, 0.2) is 0 Å². The topological polar surface area (TPSA) is 66.9 Å². The van der Waals surface area contributed by atoms with E-state index in [-0.39, 0.29) is 18.6 Å². The number of likely N-dealkylation sites (N-methyl/N-ethyl adjacent to an activating group) is 1. The second kappa shape index (κ2) is 9.10. The molecule has 7 heteroatoms. The molecule has 2 rings (SSSR count). The summed E-state index contributed by atoms with van der Waals surface area (Å²) in [6.45, 7) is 5.99. The van der Waals surface area contributed by atoms with Gasteiger partial charge in [-0.15, -0.1) is 0 Å². The standard InChI is InChI=1S/C21H28N2O4S/c1-16(2)27-20-12-10-19(11-13-20)23(28(5,25)26)15-21(24)22(4)14-18-8-6-17(3)7-9-18/h6-13,16H,14-15H2,1-5H3. The average molecular weight is 405 g/mol. The van der Waals surface area contributed by atoms with E-state index in [4.69, 9.17) is 4.74 Å². The number of hydrogen-bond acceptors (Lipinski definition) is 4. The lowest BCUT2D eigenvalue weighted by Crippen LogP contribution is -2.41. The highest BCUT2D eigenvalue weighted by molar-refractivity contribution is 7.92. The van der Waals surface area contributed by atoms with Gasteiger partial charge in [-0.1, -0.05) is 29.8 Å². The van der Waals surface area contributed by atoms with Gasteiger partial charge in [0.25, 0.3) is 0 Å². The largest absolute Gasteiger partial charge is 0.491 e. The molecule has 2 aromatic carbocycles. The molecular formula is C21H28N2O4S. The van der Waals surface area contributed by atoms with Crippen molar-refractivity contribution in [2.24, 2.45) is 0 Å². The van der Waals surface area contributed by atoms with Crippen LogP contribution in [0.2, 0.25) is 0 Å². The van der Waals surface area contributed by atoms with Crippen molar-refractivity contribution in [1.82, 2.24) is 4.90 Å². The molecule has 0 unspecified atom stereocenters. The normalized spacial score (nSPS) is 11.4. The number of aryl methyl sites for hydroxylation is 1. The number of nitrogens with zero attached hydrogens (tertiary/aromatic N) is 2. The van der Waals surface area contributed by atoms with Crippen molar-refractivity contribution in [3.05, 3.63) is 59.7 Å². The van der Waals surface area contributed by atoms with Crippen molar-refractivity contribution in [3.8, 4) is 5.75 Å². The van der Waals surface area contributed by atoms with Crippen LogP contribution in [0.25, 0.3) is 0 Å². The average Bonchev–Trinajstić information content (AvgIpc) is 2.61. The molecule has 152 valence electrons. The lowest BCUT2D eigenvalue weighted by molar-refractivity contribution is -0.128. The van der Waals surface area contributed by atoms with Crippen LogP contribution in [0.15, 0.2) is 48.5 Å². The first-order valence-corrected chi connectivity index (χ1v) is 10.9. The van der Waals surface area contributed by atoms with Gasteiger partial charge in [-0.05, 0) is 50.6 Å². The molecule has 2 aromatic rings. The van der Waals surface area contributed by atoms with E-state index in [1.54, 1.807) is 31.3 Å². The molecule has 28 heavy (non-hydrogen) atoms. The van der Waals surface area contributed by atoms with Crippen LogP contribution < -0.4 is 9.04 Å². The number of anilines is 1. The van der Waals surface area contributed by atoms with Gasteiger partial charge in [-0.25, -0.2) is 8.42 Å². The summed E-state index contributed by atoms with van der Waals surface area (Å²) in [6, 6.07) is 14.6. The quantitative estimate of drug-likeness (QED) is 0.678. The Hall–Kier alpha value is -2.54. The number of carbonyl (C=O) groups is 1. The zero-order valence-corrected chi connectivity index (χ0v) is 17.9. The first-order valence-electron chi connectivity index (χ1n) is 9.10. The Balaban J connectivity index is 2.13. The van der Waals surface area contributed by atoms with Gasteiger partial charge in [0, 0.05) is 13.6 Å². The highest BCUT2D eigenvalue weighted by Crippen LogP contribution is 2.22. The van der Waals surface area contributed by atoms with Gasteiger partial charge in [0.1, 0.15) is 12.3 Å². The van der Waals surface area contributed by atoms with Crippen molar-refractivity contribution < 1.29 is 17.9 Å². The van der Waals surface area contributed by atoms with E-state index < -0.39 is 10.0 Å². The van der Waals surface area contributed by atoms with E-state index in [1.807, 2.05) is 45.0 Å². The number of amides is 1. The number of benzene rings is 2. The monoisotopic (exact) mass is 404 g/mol. The third kappa shape index (κ3) is 6.27. The molecule has 0 saturated heterocycles. The fraction of sp³-hybridized carbons (Fsp3) is 0.381. The van der Waals surface area contributed by atoms with Crippen LogP contribution in [-0.2, 0) is 21.4 Å². The second-order valence-corrected chi connectivity index (χ2v) is 9.07. The highest BCUT2D eigenvalue weighted by atomic mass is 32.2. The van der Waals surface area contributed by atoms with Crippen molar-refractivity contribution in [2.75, 3.05) is 24.2 Å². The number of carbonyl (C=O) groups excluding carboxylic acids is 1. The highest BCUT2D eigenvalue weighted by Gasteiger charge is 2.23. The Morgan fingerprint density at radius 2 is 1.61 bits per heavy atom. The molecule has 0 spiro atoms. The molecule has 0 aromatic heterocycles. The molecule has 6 nitrogen and oxygen atoms in total. The summed E-state index contributed by atoms with van der Waals surface area (Å²) in [5.41, 5.74) is 2.56. The molecule has 1 amide bonds. The summed E-state index contributed by atoms with van der Waals surface area (Å²) in [7, 11) is -1.95. The number of ether oxygens (including phenoxy) is 1. The first-order chi connectivity index (χ1) is 13.1. The minimum Gasteiger partial charge on any atom is -0.491 e. The molecule has 0 heterocycles. The first kappa shape index (κ1) is 21.8. The van der Waals surface area contributed by atoms with E-state index in [0.717, 1.165) is 21.7 Å². The van der Waals surface area contributed by atoms with Crippen LogP contribution in [-0.4, -0.2) is 45.2 Å². The van der Waals surface area contributed by atoms with Gasteiger partial charge in [0.2, 0.25) is 15.9 Å². The smallest absolute Gasteiger partial charge is 0.243 e. The molecule has 0 radical (unpaired) electrons. The Labute approximate surface area is 167 Å². The molecule has 0 bridgehead atoms. The van der Waals surface area contributed by atoms with Gasteiger partial charge in [-0.3, -0.25) is 9.10 Å². The van der Waals surface area contributed by atoms with Gasteiger partial charge < -0.3 is 9.64 Å². The van der Waals surface area contributed by atoms with Crippen LogP contribution in [0.5, 0.6) is 5.75 Å². The predicted octanol–water partition coefficient (Wildman–Crippen LogP) is 3.21. The Morgan fingerprint density at radius 3 is 2.11 bits per heavy atom. The van der Waals surface area contributed by atoms with Crippen molar-refractivity contribution >= 4 is 21.6 Å². The zero-order valence-electron chi connectivity index (χ0n) is 17.0. The molecule has 0 atom stereocenters. The lowest BCUT2D eigenvalue weighted by Gasteiger charge is -2.25. The third-order valence-corrected chi connectivity index (χ3v) is 5.28. The summed E-state index contributed by atoms with van der Waals surface area (Å²) >= 11 is 0. The van der Waals surface area contributed by atoms with Crippen LogP contribution in [0.4, 0.5) is 5.69 Å². The predicted molar refractivity (Wildman–Crippen MR) is 112 cm³/mol. The van der Waals surface area contributed by atoms with Gasteiger partial charge in [0.05, 0.1) is 18.0 Å². The van der Waals surface area contributed by atoms with Crippen LogP contribution in [0.1, 0.15) is 25.0 Å². The molecule has 0 aliphatic heterocycles. The van der Waals surface area contributed by atoms with Crippen molar-refractivity contribution in [2.45, 2.75) is 33.4 Å². The summed E-state index contributed by atoms with van der Waals surface area (Å²) in [5, 5.41) is 0. The fourth-order valence-electron chi connectivity index (χ4n) is 2.66. The maximum Gasteiger partial charge on any atom is 0.243 e. The van der Waals surface area contributed by atoms with E-state index >= 15 is 0 Å². The molecule has 0 N–H and O–H groups in total. The minimum atomic E-state index is -3.62. The van der Waals surface area contributed by atoms with Crippen LogP contribution in [0, 0.1) is 6.92 Å². The Kier molecular flexibility index (Phi) is 7.07. The summed E-state index contributed by atoms with van der Waals surface area (Å²) < 4.78 is 31.2. The van der Waals surface area contributed by atoms with Crippen LogP contribution in [0.3, 0.4) is 0 Å². The maximum absolute atomic E-state index is 12.7. The van der Waals surface area contributed by atoms with E-state index in [1.165, 1.54) is 4.90 Å². The molecule has 0 aliphatic rings. The summed E-state index contributed by atoms with van der Waals surface area (Å²) in [6.07, 6.45) is 1.12. The van der Waals surface area contributed by atoms with Gasteiger partial charge in [-0.2, -0.15) is 0 Å². The SMILES string of the molecule is Cc1ccc(CN(C)C(=O)CN(c2ccc(OC(C)C)cc2)S(C)(=O)=O)cc1. The Bertz CT molecular complexity index is 891. The van der Waals surface area contributed by atoms with Crippen LogP contribution >= 0.6 is 0 Å². The second-order valence-electron chi connectivity index (χ2n) is 7.17. The fourth-order valence-corrected chi connectivity index (χ4v) is 3.51. The van der Waals surface area contributed by atoms with E-state index in [0.29, 0.717) is 18.0 Å². The number of rotatable bonds is 8. The number of hydrogen-bond donors (Lipinski definition) is 0. The molecule has 0 saturated carbocycles. The van der Waals surface area contributed by atoms with Crippen molar-refractivity contribution in [3.63, 3.8) is 0 Å². The van der Waals surface area contributed by atoms with E-state index in [2.05, 4.69) is 0 Å². The minimum absolute atomic E-state index is 0.0221. The lowest BCUT2D eigenvalue weighted by atomic mass is 10.1. The summed E-state index contributed by atoms with van der Waals surface area (Å²) in [4.78, 5) is 14.2. The summed E-state index contributed by atoms with van der Waals surface area (Å²) in [5.74, 6) is 0.364.